The molecule has 4 aliphatic rings. The molecule has 0 radical (unpaired) electrons. The van der Waals surface area contributed by atoms with Crippen molar-refractivity contribution in [1.82, 2.24) is 0 Å². The van der Waals surface area contributed by atoms with Gasteiger partial charge < -0.3 is 9.53 Å². The van der Waals surface area contributed by atoms with Crippen LogP contribution in [0.3, 0.4) is 0 Å². The van der Waals surface area contributed by atoms with Crippen LogP contribution >= 0.6 is 0 Å². The molecule has 0 aliphatic heterocycles. The summed E-state index contributed by atoms with van der Waals surface area (Å²) in [6.45, 7) is 9.34. The minimum Gasteiger partial charge on any atom is -0.458 e. The average Bonchev–Trinajstić information content (AvgIpc) is 3.22. The first-order valence-corrected chi connectivity index (χ1v) is 14.7. The Bertz CT molecular complexity index is 995. The molecule has 3 saturated carbocycles. The number of esters is 1. The molecule has 0 N–H and O–H groups in total. The van der Waals surface area contributed by atoms with E-state index in [1.165, 1.54) is 38.5 Å². The number of fused-ring (bicyclic) bond motifs is 5. The molecule has 0 bridgehead atoms. The molecule has 0 unspecified atom stereocenters. The molecule has 3 fully saturated rings. The Balaban J connectivity index is 1.26. The Morgan fingerprint density at radius 3 is 2.56 bits per heavy atom. The van der Waals surface area contributed by atoms with Gasteiger partial charge in [-0.3, -0.25) is 0 Å². The van der Waals surface area contributed by atoms with Crippen LogP contribution in [-0.4, -0.2) is 17.9 Å². The molecular formula is C33H46O3. The fraction of sp³-hybridized carbons (Fsp3) is 0.697. The summed E-state index contributed by atoms with van der Waals surface area (Å²) in [4.78, 5) is 24.1. The number of carbonyl (C=O) groups is 2. The largest absolute Gasteiger partial charge is 0.458 e. The lowest BCUT2D eigenvalue weighted by Gasteiger charge is -2.58. The van der Waals surface area contributed by atoms with Crippen LogP contribution in [0.5, 0.6) is 0 Å². The number of ketones is 1. The maximum atomic E-state index is 12.7. The third-order valence-corrected chi connectivity index (χ3v) is 11.3. The zero-order chi connectivity index (χ0) is 25.5. The first-order valence-electron chi connectivity index (χ1n) is 14.7. The van der Waals surface area contributed by atoms with E-state index in [1.807, 2.05) is 30.3 Å². The average molecular weight is 491 g/mol. The lowest BCUT2D eigenvalue weighted by molar-refractivity contribution is -0.117. The number of ether oxygens (including phenoxy) is 1. The highest BCUT2D eigenvalue weighted by molar-refractivity contribution is 5.89. The summed E-state index contributed by atoms with van der Waals surface area (Å²) in [6.07, 6.45) is 15.3. The second-order valence-electron chi connectivity index (χ2n) is 13.2. The second-order valence-corrected chi connectivity index (χ2v) is 13.2. The molecule has 4 aliphatic carbocycles. The van der Waals surface area contributed by atoms with Gasteiger partial charge in [-0.25, -0.2) is 4.79 Å². The van der Waals surface area contributed by atoms with Gasteiger partial charge in [0.2, 0.25) is 0 Å². The third-order valence-electron chi connectivity index (χ3n) is 11.3. The summed E-state index contributed by atoms with van der Waals surface area (Å²) in [7, 11) is 0. The van der Waals surface area contributed by atoms with E-state index in [1.54, 1.807) is 12.5 Å². The standard InChI is InChI=1S/C33H46O3/c1-22(9-8-10-23(2)34)28-15-16-29-27-14-13-25-21-26(36-31(35)24-11-6-5-7-12-24)17-19-32(25,3)30(27)18-20-33(28,29)4/h5-7,11-13,22,26-30H,8-10,14-21H2,1-4H3/t22-,26-,27+,28-,29+,30+,32-,33+/m0/s1. The van der Waals surface area contributed by atoms with Crippen LogP contribution in [0, 0.1) is 40.4 Å². The van der Waals surface area contributed by atoms with Crippen molar-refractivity contribution < 1.29 is 14.3 Å². The number of benzene rings is 1. The highest BCUT2D eigenvalue weighted by Gasteiger charge is 2.59. The topological polar surface area (TPSA) is 43.4 Å². The van der Waals surface area contributed by atoms with Gasteiger partial charge in [-0.05, 0) is 111 Å². The van der Waals surface area contributed by atoms with Crippen molar-refractivity contribution in [2.24, 2.45) is 40.4 Å². The van der Waals surface area contributed by atoms with E-state index in [4.69, 9.17) is 4.74 Å². The molecule has 196 valence electrons. The van der Waals surface area contributed by atoms with Gasteiger partial charge in [0.05, 0.1) is 5.56 Å². The van der Waals surface area contributed by atoms with Gasteiger partial charge in [-0.15, -0.1) is 0 Å². The molecule has 0 amide bonds. The first kappa shape index (κ1) is 25.7. The summed E-state index contributed by atoms with van der Waals surface area (Å²) in [5.74, 6) is 4.09. The van der Waals surface area contributed by atoms with Gasteiger partial charge >= 0.3 is 5.97 Å². The molecule has 5 rings (SSSR count). The van der Waals surface area contributed by atoms with Gasteiger partial charge in [0.15, 0.2) is 0 Å². The van der Waals surface area contributed by atoms with E-state index in [0.29, 0.717) is 16.8 Å². The molecule has 8 atom stereocenters. The van der Waals surface area contributed by atoms with Crippen molar-refractivity contribution >= 4 is 11.8 Å². The van der Waals surface area contributed by atoms with E-state index in [-0.39, 0.29) is 17.5 Å². The van der Waals surface area contributed by atoms with Crippen molar-refractivity contribution in [2.75, 3.05) is 0 Å². The minimum absolute atomic E-state index is 0.00847. The summed E-state index contributed by atoms with van der Waals surface area (Å²) >= 11 is 0. The molecule has 36 heavy (non-hydrogen) atoms. The van der Waals surface area contributed by atoms with E-state index in [0.717, 1.165) is 61.7 Å². The minimum atomic E-state index is -0.179. The Morgan fingerprint density at radius 1 is 1.03 bits per heavy atom. The van der Waals surface area contributed by atoms with Gasteiger partial charge in [0.1, 0.15) is 11.9 Å². The zero-order valence-electron chi connectivity index (χ0n) is 22.9. The lowest BCUT2D eigenvalue weighted by Crippen LogP contribution is -2.51. The number of hydrogen-bond acceptors (Lipinski definition) is 3. The summed E-state index contributed by atoms with van der Waals surface area (Å²) in [5, 5.41) is 0. The van der Waals surface area contributed by atoms with Crippen molar-refractivity contribution in [2.45, 2.75) is 104 Å². The predicted octanol–water partition coefficient (Wildman–Crippen LogP) is 8.19. The van der Waals surface area contributed by atoms with Crippen molar-refractivity contribution in [3.05, 3.63) is 47.5 Å². The van der Waals surface area contributed by atoms with E-state index >= 15 is 0 Å². The maximum Gasteiger partial charge on any atom is 0.338 e. The highest BCUT2D eigenvalue weighted by atomic mass is 16.5. The van der Waals surface area contributed by atoms with Crippen LogP contribution in [0.2, 0.25) is 0 Å². The van der Waals surface area contributed by atoms with Gasteiger partial charge in [0, 0.05) is 12.8 Å². The smallest absolute Gasteiger partial charge is 0.338 e. The number of rotatable bonds is 7. The third kappa shape index (κ3) is 4.61. The van der Waals surface area contributed by atoms with E-state index in [2.05, 4.69) is 26.8 Å². The van der Waals surface area contributed by atoms with Gasteiger partial charge in [-0.2, -0.15) is 0 Å². The Hall–Kier alpha value is -1.90. The summed E-state index contributed by atoms with van der Waals surface area (Å²) in [5.41, 5.74) is 2.95. The van der Waals surface area contributed by atoms with Gasteiger partial charge in [-0.1, -0.05) is 57.0 Å². The lowest BCUT2D eigenvalue weighted by atomic mass is 9.47. The highest BCUT2D eigenvalue weighted by Crippen LogP contribution is 2.67. The molecule has 0 heterocycles. The van der Waals surface area contributed by atoms with Crippen LogP contribution in [0.15, 0.2) is 42.0 Å². The van der Waals surface area contributed by atoms with Gasteiger partial charge in [0.25, 0.3) is 0 Å². The molecule has 0 spiro atoms. The molecule has 0 aromatic heterocycles. The van der Waals surface area contributed by atoms with E-state index < -0.39 is 0 Å². The zero-order valence-corrected chi connectivity index (χ0v) is 22.9. The summed E-state index contributed by atoms with van der Waals surface area (Å²) in [6, 6.07) is 9.42. The quantitative estimate of drug-likeness (QED) is 0.286. The molecular weight excluding hydrogens is 444 g/mol. The van der Waals surface area contributed by atoms with Crippen LogP contribution in [0.4, 0.5) is 0 Å². The maximum absolute atomic E-state index is 12.7. The normalized spacial score (nSPS) is 38.2. The number of allylic oxidation sites excluding steroid dienone is 1. The van der Waals surface area contributed by atoms with Crippen molar-refractivity contribution in [3.8, 4) is 0 Å². The van der Waals surface area contributed by atoms with Crippen molar-refractivity contribution in [3.63, 3.8) is 0 Å². The Kier molecular flexibility index (Phi) is 7.22. The van der Waals surface area contributed by atoms with Crippen LogP contribution in [0.25, 0.3) is 0 Å². The number of Topliss-reactive ketones (excluding diaryl/α,β-unsaturated/α-hetero) is 1. The SMILES string of the molecule is CC(=O)CCC[C@H](C)[C@@H]1CC[C@@H]2[C@H]3CC=C4C[C@@H](OC(=O)c5ccccc5)CC[C@]4(C)[C@@H]3CC[C@@]21C. The van der Waals surface area contributed by atoms with Crippen LogP contribution in [-0.2, 0) is 9.53 Å². The molecule has 3 heteroatoms. The van der Waals surface area contributed by atoms with E-state index in [9.17, 15) is 9.59 Å². The number of hydrogen-bond donors (Lipinski definition) is 0. The van der Waals surface area contributed by atoms with Crippen LogP contribution < -0.4 is 0 Å². The predicted molar refractivity (Wildman–Crippen MR) is 145 cm³/mol. The molecule has 1 aromatic carbocycles. The van der Waals surface area contributed by atoms with Crippen LogP contribution in [0.1, 0.15) is 109 Å². The van der Waals surface area contributed by atoms with Crippen molar-refractivity contribution in [1.29, 1.82) is 0 Å². The fourth-order valence-corrected chi connectivity index (χ4v) is 9.37. The molecule has 3 nitrogen and oxygen atoms in total. The molecule has 1 aromatic rings. The Labute approximate surface area is 218 Å². The monoisotopic (exact) mass is 490 g/mol. The Morgan fingerprint density at radius 2 is 1.81 bits per heavy atom. The number of carbonyl (C=O) groups excluding carboxylic acids is 2. The first-order chi connectivity index (χ1) is 17.2. The second kappa shape index (κ2) is 10.1. The summed E-state index contributed by atoms with van der Waals surface area (Å²) < 4.78 is 5.98. The fourth-order valence-electron chi connectivity index (χ4n) is 9.37. The molecule has 0 saturated heterocycles.